The van der Waals surface area contributed by atoms with Gasteiger partial charge in [-0.1, -0.05) is 24.3 Å². The SMILES string of the molecule is NC1(C(=O)O)c2ccccc2CCC1O. The second-order valence-corrected chi connectivity index (χ2v) is 3.89. The van der Waals surface area contributed by atoms with Crippen molar-refractivity contribution >= 4 is 5.97 Å². The molecular weight excluding hydrogens is 194 g/mol. The van der Waals surface area contributed by atoms with Gasteiger partial charge >= 0.3 is 5.97 Å². The third-order valence-corrected chi connectivity index (χ3v) is 3.03. The zero-order valence-corrected chi connectivity index (χ0v) is 8.18. The first-order valence-corrected chi connectivity index (χ1v) is 4.85. The maximum atomic E-state index is 11.2. The Bertz CT molecular complexity index is 405. The maximum absolute atomic E-state index is 11.2. The smallest absolute Gasteiger partial charge is 0.331 e. The molecule has 0 spiro atoms. The fraction of sp³-hybridized carbons (Fsp3) is 0.364. The van der Waals surface area contributed by atoms with Crippen molar-refractivity contribution in [2.24, 2.45) is 5.73 Å². The second kappa shape index (κ2) is 3.32. The molecule has 2 atom stereocenters. The van der Waals surface area contributed by atoms with E-state index >= 15 is 0 Å². The van der Waals surface area contributed by atoms with Crippen molar-refractivity contribution in [3.05, 3.63) is 35.4 Å². The number of rotatable bonds is 1. The molecule has 1 aliphatic rings. The van der Waals surface area contributed by atoms with Gasteiger partial charge in [-0.15, -0.1) is 0 Å². The number of hydrogen-bond donors (Lipinski definition) is 3. The van der Waals surface area contributed by atoms with Crippen LogP contribution in [0.2, 0.25) is 0 Å². The molecule has 0 amide bonds. The van der Waals surface area contributed by atoms with Crippen molar-refractivity contribution in [2.75, 3.05) is 0 Å². The monoisotopic (exact) mass is 207 g/mol. The van der Waals surface area contributed by atoms with Crippen LogP contribution >= 0.6 is 0 Å². The summed E-state index contributed by atoms with van der Waals surface area (Å²) in [6, 6.07) is 7.11. The molecular formula is C11H13NO3. The Morgan fingerprint density at radius 2 is 2.13 bits per heavy atom. The van der Waals surface area contributed by atoms with E-state index in [2.05, 4.69) is 0 Å². The summed E-state index contributed by atoms with van der Waals surface area (Å²) in [5.74, 6) is -1.18. The van der Waals surface area contributed by atoms with Gasteiger partial charge in [0.05, 0.1) is 6.10 Å². The number of aliphatic hydroxyl groups excluding tert-OH is 1. The fourth-order valence-electron chi connectivity index (χ4n) is 2.10. The zero-order chi connectivity index (χ0) is 11.1. The summed E-state index contributed by atoms with van der Waals surface area (Å²) >= 11 is 0. The minimum atomic E-state index is -1.66. The number of hydrogen-bond acceptors (Lipinski definition) is 3. The molecule has 1 aliphatic carbocycles. The van der Waals surface area contributed by atoms with Crippen LogP contribution in [-0.4, -0.2) is 22.3 Å². The molecule has 4 N–H and O–H groups in total. The molecule has 2 unspecified atom stereocenters. The average molecular weight is 207 g/mol. The van der Waals surface area contributed by atoms with Gasteiger partial charge in [0.2, 0.25) is 0 Å². The van der Waals surface area contributed by atoms with E-state index in [-0.39, 0.29) is 0 Å². The predicted molar refractivity (Wildman–Crippen MR) is 54.3 cm³/mol. The molecule has 0 bridgehead atoms. The number of nitrogens with two attached hydrogens (primary N) is 1. The summed E-state index contributed by atoms with van der Waals surface area (Å²) < 4.78 is 0. The molecule has 0 radical (unpaired) electrons. The third-order valence-electron chi connectivity index (χ3n) is 3.03. The van der Waals surface area contributed by atoms with Crippen LogP contribution in [0, 0.1) is 0 Å². The summed E-state index contributed by atoms with van der Waals surface area (Å²) in [6.45, 7) is 0. The van der Waals surface area contributed by atoms with Gasteiger partial charge in [0, 0.05) is 0 Å². The lowest BCUT2D eigenvalue weighted by molar-refractivity contribution is -0.149. The van der Waals surface area contributed by atoms with Gasteiger partial charge in [-0.25, -0.2) is 4.79 Å². The fourth-order valence-corrected chi connectivity index (χ4v) is 2.10. The Morgan fingerprint density at radius 3 is 2.80 bits per heavy atom. The Hall–Kier alpha value is -1.39. The highest BCUT2D eigenvalue weighted by Crippen LogP contribution is 2.33. The van der Waals surface area contributed by atoms with Crippen molar-refractivity contribution in [3.63, 3.8) is 0 Å². The largest absolute Gasteiger partial charge is 0.480 e. The number of aliphatic hydroxyl groups is 1. The highest BCUT2D eigenvalue weighted by Gasteiger charge is 2.46. The van der Waals surface area contributed by atoms with E-state index in [1.54, 1.807) is 12.1 Å². The quantitative estimate of drug-likeness (QED) is 0.615. The van der Waals surface area contributed by atoms with E-state index in [4.69, 9.17) is 10.8 Å². The standard InChI is InChI=1S/C11H13NO3/c12-11(10(14)15)8-4-2-1-3-7(8)5-6-9(11)13/h1-4,9,13H,5-6,12H2,(H,14,15). The van der Waals surface area contributed by atoms with Crippen LogP contribution in [-0.2, 0) is 16.8 Å². The molecule has 0 aliphatic heterocycles. The molecule has 1 aromatic rings. The summed E-state index contributed by atoms with van der Waals surface area (Å²) in [5.41, 5.74) is 5.58. The summed E-state index contributed by atoms with van der Waals surface area (Å²) in [5, 5.41) is 18.9. The van der Waals surface area contributed by atoms with Crippen LogP contribution < -0.4 is 5.73 Å². The highest BCUT2D eigenvalue weighted by molar-refractivity contribution is 5.82. The average Bonchev–Trinajstić information content (AvgIpc) is 2.23. The first-order chi connectivity index (χ1) is 7.06. The number of carboxylic acid groups (broad SMARTS) is 1. The third kappa shape index (κ3) is 1.33. The summed E-state index contributed by atoms with van der Waals surface area (Å²) in [6.07, 6.45) is 0.0357. The minimum absolute atomic E-state index is 0.389. The first kappa shape index (κ1) is 10.1. The number of benzene rings is 1. The molecule has 0 fully saturated rings. The lowest BCUT2D eigenvalue weighted by Crippen LogP contribution is -2.56. The van der Waals surface area contributed by atoms with Gasteiger partial charge < -0.3 is 15.9 Å². The van der Waals surface area contributed by atoms with Gasteiger partial charge in [0.15, 0.2) is 5.54 Å². The number of aryl methyl sites for hydroxylation is 1. The lowest BCUT2D eigenvalue weighted by atomic mass is 9.75. The van der Waals surface area contributed by atoms with Crippen molar-refractivity contribution in [3.8, 4) is 0 Å². The lowest BCUT2D eigenvalue weighted by Gasteiger charge is -2.36. The molecule has 0 aromatic heterocycles. The molecule has 4 nitrogen and oxygen atoms in total. The van der Waals surface area contributed by atoms with Crippen LogP contribution in [0.4, 0.5) is 0 Å². The minimum Gasteiger partial charge on any atom is -0.480 e. The van der Waals surface area contributed by atoms with Crippen molar-refractivity contribution in [1.82, 2.24) is 0 Å². The van der Waals surface area contributed by atoms with Crippen molar-refractivity contribution in [2.45, 2.75) is 24.5 Å². The number of carboxylic acids is 1. The Labute approximate surface area is 87.3 Å². The number of carbonyl (C=O) groups is 1. The molecule has 0 heterocycles. The molecule has 1 aromatic carbocycles. The Kier molecular flexibility index (Phi) is 2.25. The predicted octanol–water partition coefficient (Wildman–Crippen LogP) is 0.232. The van der Waals surface area contributed by atoms with E-state index < -0.39 is 17.6 Å². The normalized spacial score (nSPS) is 29.6. The van der Waals surface area contributed by atoms with Crippen LogP contribution in [0.1, 0.15) is 17.5 Å². The second-order valence-electron chi connectivity index (χ2n) is 3.89. The maximum Gasteiger partial charge on any atom is 0.331 e. The molecule has 4 heteroatoms. The molecule has 0 saturated heterocycles. The van der Waals surface area contributed by atoms with E-state index in [0.29, 0.717) is 18.4 Å². The Morgan fingerprint density at radius 1 is 1.47 bits per heavy atom. The number of aliphatic carboxylic acids is 1. The van der Waals surface area contributed by atoms with Crippen LogP contribution in [0.3, 0.4) is 0 Å². The van der Waals surface area contributed by atoms with E-state index in [9.17, 15) is 9.90 Å². The summed E-state index contributed by atoms with van der Waals surface area (Å²) in [7, 11) is 0. The Balaban J connectivity index is 2.60. The zero-order valence-electron chi connectivity index (χ0n) is 8.18. The van der Waals surface area contributed by atoms with Crippen LogP contribution in [0.5, 0.6) is 0 Å². The van der Waals surface area contributed by atoms with E-state index in [1.807, 2.05) is 12.1 Å². The van der Waals surface area contributed by atoms with Crippen molar-refractivity contribution < 1.29 is 15.0 Å². The molecule has 15 heavy (non-hydrogen) atoms. The highest BCUT2D eigenvalue weighted by atomic mass is 16.4. The van der Waals surface area contributed by atoms with Gasteiger partial charge in [0.1, 0.15) is 0 Å². The van der Waals surface area contributed by atoms with Crippen LogP contribution in [0.15, 0.2) is 24.3 Å². The molecule has 2 rings (SSSR count). The van der Waals surface area contributed by atoms with Gasteiger partial charge in [0.25, 0.3) is 0 Å². The first-order valence-electron chi connectivity index (χ1n) is 4.85. The van der Waals surface area contributed by atoms with E-state index in [1.165, 1.54) is 0 Å². The van der Waals surface area contributed by atoms with Gasteiger partial charge in [-0.05, 0) is 24.0 Å². The summed E-state index contributed by atoms with van der Waals surface area (Å²) in [4.78, 5) is 11.2. The molecule has 80 valence electrons. The molecule has 0 saturated carbocycles. The van der Waals surface area contributed by atoms with Gasteiger partial charge in [-0.2, -0.15) is 0 Å². The number of fused-ring (bicyclic) bond motifs is 1. The van der Waals surface area contributed by atoms with Crippen LogP contribution in [0.25, 0.3) is 0 Å². The van der Waals surface area contributed by atoms with E-state index in [0.717, 1.165) is 5.56 Å². The van der Waals surface area contributed by atoms with Gasteiger partial charge in [-0.3, -0.25) is 0 Å². The van der Waals surface area contributed by atoms with Crippen molar-refractivity contribution in [1.29, 1.82) is 0 Å². The topological polar surface area (TPSA) is 83.6 Å².